The molecule has 0 amide bonds. The normalized spacial score (nSPS) is 17.2. The van der Waals surface area contributed by atoms with Crippen LogP contribution in [0.25, 0.3) is 0 Å². The summed E-state index contributed by atoms with van der Waals surface area (Å²) in [5.74, 6) is 2.16. The molecule has 0 radical (unpaired) electrons. The van der Waals surface area contributed by atoms with E-state index in [1.807, 2.05) is 0 Å². The first-order chi connectivity index (χ1) is 5.38. The molecule has 2 N–H and O–H groups in total. The molecule has 0 saturated heterocycles. The van der Waals surface area contributed by atoms with Gasteiger partial charge in [0.05, 0.1) is 6.54 Å². The number of aromatic nitrogens is 2. The van der Waals surface area contributed by atoms with Crippen molar-refractivity contribution in [2.45, 2.75) is 25.8 Å². The number of nitrogens with two attached hydrogens (primary N) is 1. The van der Waals surface area contributed by atoms with E-state index in [2.05, 4.69) is 10.1 Å². The highest BCUT2D eigenvalue weighted by atomic mass is 16.5. The summed E-state index contributed by atoms with van der Waals surface area (Å²) in [5.41, 5.74) is 5.31. The van der Waals surface area contributed by atoms with Crippen LogP contribution in [0.5, 0.6) is 0 Å². The van der Waals surface area contributed by atoms with Crippen LogP contribution in [-0.4, -0.2) is 10.1 Å². The summed E-state index contributed by atoms with van der Waals surface area (Å²) in [6.45, 7) is 0.345. The van der Waals surface area contributed by atoms with Crippen LogP contribution in [0.15, 0.2) is 4.52 Å². The molecule has 4 nitrogen and oxygen atoms in total. The second-order valence-corrected chi connectivity index (χ2v) is 2.96. The summed E-state index contributed by atoms with van der Waals surface area (Å²) in [6.07, 6.45) is 3.59. The minimum Gasteiger partial charge on any atom is -0.338 e. The molecule has 0 bridgehead atoms. The molecule has 2 rings (SSSR count). The van der Waals surface area contributed by atoms with Crippen LogP contribution >= 0.6 is 0 Å². The Bertz CT molecular complexity index is 242. The minimum absolute atomic E-state index is 0.345. The highest BCUT2D eigenvalue weighted by molar-refractivity contribution is 4.91. The molecule has 11 heavy (non-hydrogen) atoms. The lowest BCUT2D eigenvalue weighted by molar-refractivity contribution is 0.374. The van der Waals surface area contributed by atoms with E-state index in [0.29, 0.717) is 12.4 Å². The molecule has 0 atom stereocenters. The Morgan fingerprint density at radius 3 is 2.91 bits per heavy atom. The highest BCUT2D eigenvalue weighted by Crippen LogP contribution is 2.31. The van der Waals surface area contributed by atoms with Crippen LogP contribution in [-0.2, 0) is 13.0 Å². The van der Waals surface area contributed by atoms with E-state index in [1.165, 1.54) is 12.8 Å². The van der Waals surface area contributed by atoms with E-state index in [1.54, 1.807) is 0 Å². The van der Waals surface area contributed by atoms with Gasteiger partial charge in [0.25, 0.3) is 0 Å². The predicted molar refractivity (Wildman–Crippen MR) is 38.6 cm³/mol. The van der Waals surface area contributed by atoms with Crippen molar-refractivity contribution in [2.75, 3.05) is 0 Å². The lowest BCUT2D eigenvalue weighted by Crippen LogP contribution is -1.96. The van der Waals surface area contributed by atoms with Gasteiger partial charge >= 0.3 is 0 Å². The Labute approximate surface area is 64.8 Å². The van der Waals surface area contributed by atoms with Crippen molar-refractivity contribution in [3.05, 3.63) is 11.7 Å². The molecule has 1 aromatic heterocycles. The largest absolute Gasteiger partial charge is 0.338 e. The zero-order valence-electron chi connectivity index (χ0n) is 6.29. The van der Waals surface area contributed by atoms with Crippen LogP contribution in [0, 0.1) is 5.92 Å². The molecular weight excluding hydrogens is 142 g/mol. The van der Waals surface area contributed by atoms with Crippen molar-refractivity contribution in [2.24, 2.45) is 11.7 Å². The Balaban J connectivity index is 1.99. The first-order valence-corrected chi connectivity index (χ1v) is 3.90. The van der Waals surface area contributed by atoms with Gasteiger partial charge in [0.2, 0.25) is 5.89 Å². The standard InChI is InChI=1S/C7H11N3O/c8-4-7-9-6(10-11-7)3-5-1-2-5/h5H,1-4,8H2. The number of hydrogen-bond acceptors (Lipinski definition) is 4. The average Bonchev–Trinajstić information content (AvgIpc) is 2.68. The van der Waals surface area contributed by atoms with Crippen LogP contribution in [0.4, 0.5) is 0 Å². The molecule has 0 unspecified atom stereocenters. The summed E-state index contributed by atoms with van der Waals surface area (Å²) < 4.78 is 4.86. The van der Waals surface area contributed by atoms with Gasteiger partial charge in [0.1, 0.15) is 0 Å². The third kappa shape index (κ3) is 1.57. The maximum Gasteiger partial charge on any atom is 0.240 e. The van der Waals surface area contributed by atoms with Crippen LogP contribution < -0.4 is 5.73 Å². The van der Waals surface area contributed by atoms with Crippen LogP contribution in [0.1, 0.15) is 24.6 Å². The van der Waals surface area contributed by atoms with Crippen molar-refractivity contribution in [3.8, 4) is 0 Å². The fraction of sp³-hybridized carbons (Fsp3) is 0.714. The first kappa shape index (κ1) is 6.79. The van der Waals surface area contributed by atoms with E-state index in [-0.39, 0.29) is 0 Å². The monoisotopic (exact) mass is 153 g/mol. The number of hydrogen-bond donors (Lipinski definition) is 1. The Morgan fingerprint density at radius 2 is 2.36 bits per heavy atom. The van der Waals surface area contributed by atoms with Crippen LogP contribution in [0.3, 0.4) is 0 Å². The molecule has 60 valence electrons. The maximum absolute atomic E-state index is 5.31. The topological polar surface area (TPSA) is 64.9 Å². The Kier molecular flexibility index (Phi) is 1.62. The van der Waals surface area contributed by atoms with Gasteiger partial charge in [-0.2, -0.15) is 4.98 Å². The minimum atomic E-state index is 0.345. The molecule has 4 heteroatoms. The second kappa shape index (κ2) is 2.62. The quantitative estimate of drug-likeness (QED) is 0.686. The Hall–Kier alpha value is -0.900. The van der Waals surface area contributed by atoms with Crippen molar-refractivity contribution in [1.82, 2.24) is 10.1 Å². The Morgan fingerprint density at radius 1 is 1.55 bits per heavy atom. The summed E-state index contributed by atoms with van der Waals surface area (Å²) in [7, 11) is 0. The molecule has 1 aliphatic carbocycles. The molecule has 1 aromatic rings. The van der Waals surface area contributed by atoms with Gasteiger partial charge in [-0.15, -0.1) is 0 Å². The third-order valence-electron chi connectivity index (χ3n) is 1.85. The SMILES string of the molecule is NCc1nc(CC2CC2)no1. The molecule has 1 fully saturated rings. The average molecular weight is 153 g/mol. The zero-order valence-corrected chi connectivity index (χ0v) is 6.29. The summed E-state index contributed by atoms with van der Waals surface area (Å²) in [5, 5.41) is 3.80. The molecule has 1 heterocycles. The van der Waals surface area contributed by atoms with Crippen molar-refractivity contribution >= 4 is 0 Å². The third-order valence-corrected chi connectivity index (χ3v) is 1.85. The van der Waals surface area contributed by atoms with Crippen LogP contribution in [0.2, 0.25) is 0 Å². The summed E-state index contributed by atoms with van der Waals surface area (Å²) in [6, 6.07) is 0. The van der Waals surface area contributed by atoms with Gasteiger partial charge in [0.15, 0.2) is 5.82 Å². The van der Waals surface area contributed by atoms with Gasteiger partial charge in [-0.3, -0.25) is 0 Å². The molecule has 0 aliphatic heterocycles. The smallest absolute Gasteiger partial charge is 0.240 e. The first-order valence-electron chi connectivity index (χ1n) is 3.90. The zero-order chi connectivity index (χ0) is 7.68. The van der Waals surface area contributed by atoms with Crippen molar-refractivity contribution in [3.63, 3.8) is 0 Å². The van der Waals surface area contributed by atoms with E-state index >= 15 is 0 Å². The van der Waals surface area contributed by atoms with Gasteiger partial charge < -0.3 is 10.3 Å². The fourth-order valence-corrected chi connectivity index (χ4v) is 1.04. The molecule has 0 spiro atoms. The van der Waals surface area contributed by atoms with E-state index in [0.717, 1.165) is 18.2 Å². The molecule has 1 saturated carbocycles. The number of nitrogens with zero attached hydrogens (tertiary/aromatic N) is 2. The van der Waals surface area contributed by atoms with Gasteiger partial charge in [-0.1, -0.05) is 5.16 Å². The van der Waals surface area contributed by atoms with E-state index in [4.69, 9.17) is 10.3 Å². The maximum atomic E-state index is 5.31. The lowest BCUT2D eigenvalue weighted by Gasteiger charge is -1.84. The van der Waals surface area contributed by atoms with Gasteiger partial charge in [0, 0.05) is 6.42 Å². The van der Waals surface area contributed by atoms with E-state index in [9.17, 15) is 0 Å². The summed E-state index contributed by atoms with van der Waals surface area (Å²) >= 11 is 0. The second-order valence-electron chi connectivity index (χ2n) is 2.96. The predicted octanol–water partition coefficient (Wildman–Crippen LogP) is 0.481. The number of rotatable bonds is 3. The van der Waals surface area contributed by atoms with E-state index < -0.39 is 0 Å². The van der Waals surface area contributed by atoms with Gasteiger partial charge in [-0.05, 0) is 18.8 Å². The fourth-order valence-electron chi connectivity index (χ4n) is 1.04. The summed E-state index contributed by atoms with van der Waals surface area (Å²) in [4.78, 5) is 4.11. The molecule has 1 aliphatic rings. The van der Waals surface area contributed by atoms with Crippen molar-refractivity contribution < 1.29 is 4.52 Å². The van der Waals surface area contributed by atoms with Gasteiger partial charge in [-0.25, -0.2) is 0 Å². The highest BCUT2D eigenvalue weighted by Gasteiger charge is 2.23. The van der Waals surface area contributed by atoms with Crippen molar-refractivity contribution in [1.29, 1.82) is 0 Å². The molecular formula is C7H11N3O. The lowest BCUT2D eigenvalue weighted by atomic mass is 10.3. The molecule has 0 aromatic carbocycles.